The molecular formula is C16H35FGeO3Zr-. The molecule has 1 aliphatic rings. The first-order chi connectivity index (χ1) is 9.43. The number of aliphatic hydroxyl groups is 3. The first-order valence-electron chi connectivity index (χ1n) is 7.14. The third-order valence-corrected chi connectivity index (χ3v) is 0.586. The molecule has 0 unspecified atom stereocenters. The molecular weight excluding hydrogens is 423 g/mol. The molecule has 0 aromatic rings. The monoisotopic (exact) mass is 458 g/mol. The zero-order valence-corrected chi connectivity index (χ0v) is 19.9. The number of hydrogen-bond acceptors (Lipinski definition) is 3. The van der Waals surface area contributed by atoms with E-state index in [9.17, 15) is 3.50 Å². The Kier molecular flexibility index (Phi) is 46.1. The summed E-state index contributed by atoms with van der Waals surface area (Å²) in [6.07, 6.45) is 9.50. The molecule has 22 heavy (non-hydrogen) atoms. The van der Waals surface area contributed by atoms with Crippen LogP contribution in [0.15, 0.2) is 18.2 Å². The molecule has 3 nitrogen and oxygen atoms in total. The van der Waals surface area contributed by atoms with E-state index in [0.717, 1.165) is 6.42 Å². The van der Waals surface area contributed by atoms with Gasteiger partial charge in [-0.1, -0.05) is 0 Å². The van der Waals surface area contributed by atoms with Crippen molar-refractivity contribution in [1.29, 1.82) is 0 Å². The predicted octanol–water partition coefficient (Wildman–Crippen LogP) is 3.67. The van der Waals surface area contributed by atoms with E-state index in [-0.39, 0.29) is 44.5 Å². The molecule has 0 bridgehead atoms. The van der Waals surface area contributed by atoms with Crippen molar-refractivity contribution >= 4 is 14.8 Å². The van der Waals surface area contributed by atoms with Gasteiger partial charge in [0.05, 0.1) is 0 Å². The summed E-state index contributed by atoms with van der Waals surface area (Å²) in [6.45, 7) is 10.3. The number of allylic oxidation sites excluding steroid dienone is 4. The Morgan fingerprint density at radius 1 is 0.909 bits per heavy atom. The molecule has 1 aliphatic carbocycles. The van der Waals surface area contributed by atoms with Crippen LogP contribution in [0.2, 0.25) is 11.5 Å². The van der Waals surface area contributed by atoms with Crippen molar-refractivity contribution in [2.75, 3.05) is 0 Å². The van der Waals surface area contributed by atoms with Crippen LogP contribution >= 0.6 is 0 Å². The van der Waals surface area contributed by atoms with Crippen LogP contribution in [0, 0.1) is 6.08 Å². The van der Waals surface area contributed by atoms with E-state index in [1.165, 1.54) is 0 Å². The molecule has 0 heterocycles. The molecule has 0 saturated heterocycles. The van der Waals surface area contributed by atoms with Crippen LogP contribution < -0.4 is 0 Å². The Morgan fingerprint density at radius 3 is 1.18 bits per heavy atom. The molecule has 0 aliphatic heterocycles. The minimum atomic E-state index is -1.83. The quantitative estimate of drug-likeness (QED) is 0.384. The zero-order valence-electron chi connectivity index (χ0n) is 15.4. The maximum Gasteiger partial charge on any atom is 0 e. The van der Waals surface area contributed by atoms with Gasteiger partial charge in [-0.05, 0) is 41.5 Å². The molecule has 0 saturated carbocycles. The SMILES string of the molecule is CC(C)O.CC(C)O.CC(C)O.[C-]1=CC=CC1.[CH3][Ge]([CH3])[F].[Zr]. The average Bonchev–Trinajstić information content (AvgIpc) is 2.68. The summed E-state index contributed by atoms with van der Waals surface area (Å²) in [7, 11) is 0. The Balaban J connectivity index is -0.0000000544. The van der Waals surface area contributed by atoms with Crippen molar-refractivity contribution in [2.24, 2.45) is 0 Å². The largest absolute Gasteiger partial charge is 0 e. The average molecular weight is 458 g/mol. The summed E-state index contributed by atoms with van der Waals surface area (Å²) in [6, 6.07) is 0. The minimum absolute atomic E-state index is 0. The Morgan fingerprint density at radius 2 is 1.14 bits per heavy atom. The van der Waals surface area contributed by atoms with E-state index in [1.807, 2.05) is 12.2 Å². The molecule has 0 aromatic heterocycles. The van der Waals surface area contributed by atoms with Crippen molar-refractivity contribution in [3.8, 4) is 0 Å². The molecule has 0 aromatic carbocycles. The Bertz CT molecular complexity index is 176. The maximum absolute atomic E-state index is 11.2. The predicted molar refractivity (Wildman–Crippen MR) is 92.2 cm³/mol. The number of rotatable bonds is 0. The maximum atomic E-state index is 11.2. The van der Waals surface area contributed by atoms with Gasteiger partial charge in [0.1, 0.15) is 0 Å². The second kappa shape index (κ2) is 29.7. The second-order valence-corrected chi connectivity index (χ2v) is 8.85. The van der Waals surface area contributed by atoms with Crippen LogP contribution in [0.3, 0.4) is 0 Å². The minimum Gasteiger partial charge on any atom is 0 e. The summed E-state index contributed by atoms with van der Waals surface area (Å²) in [4.78, 5) is 0. The van der Waals surface area contributed by atoms with Gasteiger partial charge in [0.25, 0.3) is 0 Å². The van der Waals surface area contributed by atoms with Crippen molar-refractivity contribution < 1.29 is 45.0 Å². The fraction of sp³-hybridized carbons (Fsp3) is 0.750. The van der Waals surface area contributed by atoms with E-state index in [0.29, 0.717) is 0 Å². The molecule has 0 atom stereocenters. The van der Waals surface area contributed by atoms with Crippen LogP contribution in [-0.4, -0.2) is 48.4 Å². The zero-order chi connectivity index (χ0) is 17.8. The van der Waals surface area contributed by atoms with Crippen LogP contribution in [0.1, 0.15) is 48.0 Å². The fourth-order valence-corrected chi connectivity index (χ4v) is 0.340. The first-order valence-corrected chi connectivity index (χ1v) is 12.1. The summed E-state index contributed by atoms with van der Waals surface area (Å²) < 4.78 is 11.2. The van der Waals surface area contributed by atoms with Gasteiger partial charge in [-0.25, -0.2) is 12.2 Å². The van der Waals surface area contributed by atoms with Gasteiger partial charge in [-0.2, -0.15) is 6.08 Å². The van der Waals surface area contributed by atoms with Crippen LogP contribution in [-0.2, 0) is 26.2 Å². The van der Waals surface area contributed by atoms with Crippen molar-refractivity contribution in [2.45, 2.75) is 77.8 Å². The standard InChI is InChI=1S/C5H5.3C3H8O.C2H6FGe.Zr/c1-2-4-5-3-1;3*1-3(2)4;1-4(2)3;/h1-3H,4H2;3*3-4H,1-2H3;1-2H3;/q-1;;;;;. The number of halogens is 1. The van der Waals surface area contributed by atoms with E-state index in [4.69, 9.17) is 15.3 Å². The molecule has 0 spiro atoms. The summed E-state index contributed by atoms with van der Waals surface area (Å²) in [5.41, 5.74) is 0. The van der Waals surface area contributed by atoms with Crippen molar-refractivity contribution in [3.05, 3.63) is 24.3 Å². The molecule has 133 valence electrons. The van der Waals surface area contributed by atoms with Crippen LogP contribution in [0.5, 0.6) is 0 Å². The normalized spacial score (nSPS) is 10.5. The molecule has 0 amide bonds. The van der Waals surface area contributed by atoms with Gasteiger partial charge < -0.3 is 15.3 Å². The van der Waals surface area contributed by atoms with E-state index < -0.39 is 14.8 Å². The van der Waals surface area contributed by atoms with E-state index in [1.54, 1.807) is 53.1 Å². The third-order valence-electron chi connectivity index (χ3n) is 0.586. The van der Waals surface area contributed by atoms with Crippen molar-refractivity contribution in [3.63, 3.8) is 0 Å². The van der Waals surface area contributed by atoms with Crippen molar-refractivity contribution in [1.82, 2.24) is 0 Å². The van der Waals surface area contributed by atoms with Gasteiger partial charge >= 0.3 is 29.8 Å². The smallest absolute Gasteiger partial charge is 0 e. The number of hydrogen-bond donors (Lipinski definition) is 3. The van der Waals surface area contributed by atoms with E-state index >= 15 is 0 Å². The molecule has 0 fully saturated rings. The number of aliphatic hydroxyl groups excluding tert-OH is 3. The summed E-state index contributed by atoms with van der Waals surface area (Å²) in [5, 5.41) is 24.2. The van der Waals surface area contributed by atoms with E-state index in [2.05, 4.69) is 12.2 Å². The Labute approximate surface area is 161 Å². The first kappa shape index (κ1) is 34.1. The van der Waals surface area contributed by atoms with Crippen LogP contribution in [0.4, 0.5) is 3.50 Å². The van der Waals surface area contributed by atoms with Gasteiger partial charge in [0, 0.05) is 44.5 Å². The molecule has 3 N–H and O–H groups in total. The molecule has 1 radical (unpaired) electrons. The molecule has 1 rings (SSSR count). The van der Waals surface area contributed by atoms with Gasteiger partial charge in [-0.15, -0.1) is 6.42 Å². The summed E-state index contributed by atoms with van der Waals surface area (Å²) >= 11 is -1.83. The third kappa shape index (κ3) is 246. The fourth-order valence-electron chi connectivity index (χ4n) is 0.340. The van der Waals surface area contributed by atoms with Crippen LogP contribution in [0.25, 0.3) is 0 Å². The molecule has 6 heteroatoms. The summed E-state index contributed by atoms with van der Waals surface area (Å²) in [5.74, 6) is 3.33. The van der Waals surface area contributed by atoms with Gasteiger partial charge in [-0.3, -0.25) is 6.08 Å². The second-order valence-electron chi connectivity index (χ2n) is 5.16. The van der Waals surface area contributed by atoms with Gasteiger partial charge in [0.15, 0.2) is 0 Å². The topological polar surface area (TPSA) is 60.7 Å². The van der Waals surface area contributed by atoms with Gasteiger partial charge in [0.2, 0.25) is 0 Å². The Hall–Kier alpha value is 0.716.